The topological polar surface area (TPSA) is 133 Å². The van der Waals surface area contributed by atoms with E-state index < -0.39 is 4.92 Å². The van der Waals surface area contributed by atoms with Crippen molar-refractivity contribution in [2.75, 3.05) is 24.6 Å². The number of aromatic nitrogens is 2. The first-order valence-electron chi connectivity index (χ1n) is 9.96. The van der Waals surface area contributed by atoms with Gasteiger partial charge in [-0.15, -0.1) is 0 Å². The summed E-state index contributed by atoms with van der Waals surface area (Å²) < 4.78 is 5.09. The lowest BCUT2D eigenvalue weighted by atomic mass is 9.97. The fraction of sp³-hybridized carbons (Fsp3) is 0.429. The van der Waals surface area contributed by atoms with E-state index in [1.54, 1.807) is 6.92 Å². The van der Waals surface area contributed by atoms with Crippen LogP contribution < -0.4 is 4.90 Å². The summed E-state index contributed by atoms with van der Waals surface area (Å²) >= 11 is 0. The number of rotatable bonds is 6. The summed E-state index contributed by atoms with van der Waals surface area (Å²) in [5.74, 6) is -0.0638. The number of esters is 1. The molecule has 2 heterocycles. The number of piperidine rings is 1. The standard InChI is InChI=1S/C20H24N4O4.CO2/c1-3-14-5-7-15(8-6-14)17-18(24(26)27)19(22-13-21-17)23-11-9-16(10-12-23)20(25)28-4-2;2-1-3/h5-8,13,16H,3-4,9-12H2,1-2H3;. The Bertz CT molecular complexity index is 933. The zero-order chi connectivity index (χ0) is 22.8. The molecule has 0 N–H and O–H groups in total. The number of carbonyl (C=O) groups excluding carboxylic acids is 3. The van der Waals surface area contributed by atoms with Crippen LogP contribution in [0.1, 0.15) is 32.3 Å². The highest BCUT2D eigenvalue weighted by Crippen LogP contribution is 2.36. The van der Waals surface area contributed by atoms with Gasteiger partial charge in [-0.05, 0) is 31.7 Å². The first kappa shape index (κ1) is 23.6. The van der Waals surface area contributed by atoms with E-state index in [1.807, 2.05) is 29.2 Å². The van der Waals surface area contributed by atoms with Crippen molar-refractivity contribution in [1.82, 2.24) is 9.97 Å². The number of hydrogen-bond acceptors (Lipinski definition) is 9. The quantitative estimate of drug-likeness (QED) is 0.387. The first-order chi connectivity index (χ1) is 15.0. The Hall–Kier alpha value is -3.65. The molecule has 3 rings (SSSR count). The van der Waals surface area contributed by atoms with Crippen LogP contribution in [-0.4, -0.2) is 46.7 Å². The van der Waals surface area contributed by atoms with Crippen molar-refractivity contribution in [3.05, 3.63) is 46.3 Å². The normalized spacial score (nSPS) is 13.5. The van der Waals surface area contributed by atoms with Crippen LogP contribution in [0.15, 0.2) is 30.6 Å². The van der Waals surface area contributed by atoms with Gasteiger partial charge in [0.1, 0.15) is 6.33 Å². The maximum Gasteiger partial charge on any atom is 0.373 e. The van der Waals surface area contributed by atoms with E-state index in [0.717, 1.165) is 12.0 Å². The van der Waals surface area contributed by atoms with Gasteiger partial charge in [-0.3, -0.25) is 14.9 Å². The van der Waals surface area contributed by atoms with Crippen LogP contribution in [0.3, 0.4) is 0 Å². The van der Waals surface area contributed by atoms with Gasteiger partial charge >= 0.3 is 17.8 Å². The third-order valence-electron chi connectivity index (χ3n) is 5.04. The molecule has 31 heavy (non-hydrogen) atoms. The minimum atomic E-state index is -0.421. The predicted molar refractivity (Wildman–Crippen MR) is 110 cm³/mol. The predicted octanol–water partition coefficient (Wildman–Crippen LogP) is 2.81. The van der Waals surface area contributed by atoms with Gasteiger partial charge in [-0.2, -0.15) is 9.59 Å². The van der Waals surface area contributed by atoms with Gasteiger partial charge in [0.2, 0.25) is 5.82 Å². The second-order valence-corrected chi connectivity index (χ2v) is 6.80. The third kappa shape index (κ3) is 5.93. The Kier molecular flexibility index (Phi) is 8.78. The molecule has 1 aliphatic heterocycles. The van der Waals surface area contributed by atoms with Crippen LogP contribution in [0.4, 0.5) is 11.5 Å². The molecule has 10 heteroatoms. The molecule has 1 aromatic heterocycles. The molecule has 0 unspecified atom stereocenters. The van der Waals surface area contributed by atoms with E-state index in [2.05, 4.69) is 16.9 Å². The highest BCUT2D eigenvalue weighted by molar-refractivity contribution is 5.78. The molecule has 0 saturated carbocycles. The summed E-state index contributed by atoms with van der Waals surface area (Å²) in [4.78, 5) is 49.9. The van der Waals surface area contributed by atoms with Crippen LogP contribution in [-0.2, 0) is 25.5 Å². The van der Waals surface area contributed by atoms with Crippen molar-refractivity contribution >= 4 is 23.6 Å². The summed E-state index contributed by atoms with van der Waals surface area (Å²) in [5.41, 5.74) is 2.06. The van der Waals surface area contributed by atoms with E-state index in [0.29, 0.717) is 49.6 Å². The van der Waals surface area contributed by atoms with E-state index >= 15 is 0 Å². The minimum absolute atomic E-state index is 0.0960. The lowest BCUT2D eigenvalue weighted by molar-refractivity contribution is -0.383. The SMILES string of the molecule is CCOC(=O)C1CCN(c2ncnc(-c3ccc(CC)cc3)c2[N+](=O)[O-])CC1.O=C=O. The van der Waals surface area contributed by atoms with Crippen molar-refractivity contribution in [2.45, 2.75) is 33.1 Å². The molecular formula is C21H24N4O6. The first-order valence-corrected chi connectivity index (χ1v) is 9.96. The smallest absolute Gasteiger partial charge is 0.373 e. The number of aryl methyl sites for hydroxylation is 1. The Balaban J connectivity index is 0.00000107. The van der Waals surface area contributed by atoms with Crippen LogP contribution >= 0.6 is 0 Å². The molecule has 1 saturated heterocycles. The van der Waals surface area contributed by atoms with Gasteiger partial charge in [0, 0.05) is 18.7 Å². The highest BCUT2D eigenvalue weighted by atomic mass is 16.6. The average Bonchev–Trinajstić information content (AvgIpc) is 2.79. The highest BCUT2D eigenvalue weighted by Gasteiger charge is 2.32. The third-order valence-corrected chi connectivity index (χ3v) is 5.04. The van der Waals surface area contributed by atoms with Crippen LogP contribution in [0.5, 0.6) is 0 Å². The molecule has 10 nitrogen and oxygen atoms in total. The van der Waals surface area contributed by atoms with Gasteiger partial charge in [0.25, 0.3) is 0 Å². The van der Waals surface area contributed by atoms with E-state index in [1.165, 1.54) is 6.33 Å². The molecular weight excluding hydrogens is 404 g/mol. The molecule has 0 radical (unpaired) electrons. The number of nitro groups is 1. The summed E-state index contributed by atoms with van der Waals surface area (Å²) in [6.45, 7) is 5.22. The van der Waals surface area contributed by atoms with E-state index in [4.69, 9.17) is 14.3 Å². The van der Waals surface area contributed by atoms with Crippen molar-refractivity contribution < 1.29 is 24.0 Å². The summed E-state index contributed by atoms with van der Waals surface area (Å²) in [6, 6.07) is 7.60. The van der Waals surface area contributed by atoms with Crippen molar-refractivity contribution in [3.8, 4) is 11.3 Å². The molecule has 1 aliphatic rings. The fourth-order valence-electron chi connectivity index (χ4n) is 3.47. The Morgan fingerprint density at radius 2 is 1.81 bits per heavy atom. The molecule has 1 fully saturated rings. The lowest BCUT2D eigenvalue weighted by Crippen LogP contribution is -2.37. The molecule has 0 amide bonds. The van der Waals surface area contributed by atoms with Crippen molar-refractivity contribution in [1.29, 1.82) is 0 Å². The van der Waals surface area contributed by atoms with E-state index in [9.17, 15) is 14.9 Å². The Morgan fingerprint density at radius 1 is 1.19 bits per heavy atom. The Morgan fingerprint density at radius 3 is 2.32 bits per heavy atom. The molecule has 1 aromatic carbocycles. The van der Waals surface area contributed by atoms with Gasteiger partial charge in [0.05, 0.1) is 17.4 Å². The van der Waals surface area contributed by atoms with Crippen molar-refractivity contribution in [3.63, 3.8) is 0 Å². The maximum atomic E-state index is 11.9. The largest absolute Gasteiger partial charge is 0.466 e. The molecule has 2 aromatic rings. The summed E-state index contributed by atoms with van der Waals surface area (Å²) in [7, 11) is 0. The minimum Gasteiger partial charge on any atom is -0.466 e. The van der Waals surface area contributed by atoms with Gasteiger partial charge < -0.3 is 9.64 Å². The molecule has 0 aliphatic carbocycles. The number of benzene rings is 1. The van der Waals surface area contributed by atoms with E-state index in [-0.39, 0.29) is 23.7 Å². The van der Waals surface area contributed by atoms with Gasteiger partial charge in [-0.1, -0.05) is 31.2 Å². The second kappa shape index (κ2) is 11.5. The van der Waals surface area contributed by atoms with Crippen molar-refractivity contribution in [2.24, 2.45) is 5.92 Å². The number of hydrogen-bond donors (Lipinski definition) is 0. The van der Waals surface area contributed by atoms with Crippen LogP contribution in [0, 0.1) is 16.0 Å². The molecule has 0 bridgehead atoms. The zero-order valence-electron chi connectivity index (χ0n) is 17.4. The number of carbonyl (C=O) groups is 1. The summed E-state index contributed by atoms with van der Waals surface area (Å²) in [6.07, 6.45) is 3.68. The van der Waals surface area contributed by atoms with Crippen LogP contribution in [0.2, 0.25) is 0 Å². The monoisotopic (exact) mass is 428 g/mol. The zero-order valence-corrected chi connectivity index (χ0v) is 17.4. The maximum absolute atomic E-state index is 11.9. The number of anilines is 1. The molecule has 0 atom stereocenters. The second-order valence-electron chi connectivity index (χ2n) is 6.80. The number of ether oxygens (including phenoxy) is 1. The molecule has 0 spiro atoms. The lowest BCUT2D eigenvalue weighted by Gasteiger charge is -2.31. The fourth-order valence-corrected chi connectivity index (χ4v) is 3.47. The Labute approximate surface area is 179 Å². The van der Waals surface area contributed by atoms with Crippen LogP contribution in [0.25, 0.3) is 11.3 Å². The molecule has 164 valence electrons. The van der Waals surface area contributed by atoms with Gasteiger partial charge in [0.15, 0.2) is 5.69 Å². The number of nitrogens with zero attached hydrogens (tertiary/aromatic N) is 4. The average molecular weight is 428 g/mol. The van der Waals surface area contributed by atoms with Gasteiger partial charge in [-0.25, -0.2) is 9.97 Å². The summed E-state index contributed by atoms with van der Waals surface area (Å²) in [5, 5.41) is 11.9.